The quantitative estimate of drug-likeness (QED) is 0.790. The first kappa shape index (κ1) is 11.4. The molecule has 0 spiro atoms. The molecule has 0 saturated carbocycles. The largest absolute Gasteiger partial charge is 0.275 e. The van der Waals surface area contributed by atoms with Crippen molar-refractivity contribution in [1.82, 2.24) is 19.7 Å². The molecule has 6 heteroatoms. The molecule has 0 radical (unpaired) electrons. The first-order valence-electron chi connectivity index (χ1n) is 4.87. The Bertz CT molecular complexity index is 497. The van der Waals surface area contributed by atoms with Gasteiger partial charge in [0.05, 0.1) is 11.1 Å². The molecule has 4 nitrogen and oxygen atoms in total. The summed E-state index contributed by atoms with van der Waals surface area (Å²) >= 11 is 7.45. The summed E-state index contributed by atoms with van der Waals surface area (Å²) in [5.74, 6) is 0.763. The standard InChI is InChI=1S/C10H11ClN4S/c1-3-9-13-8(11)4-10(14-9)16-7-5-12-15(2)6-7/h4-6H,3H2,1-2H3. The lowest BCUT2D eigenvalue weighted by molar-refractivity contribution is 0.766. The van der Waals surface area contributed by atoms with Gasteiger partial charge in [-0.25, -0.2) is 9.97 Å². The molecule has 0 N–H and O–H groups in total. The minimum atomic E-state index is 0.484. The Morgan fingerprint density at radius 3 is 2.88 bits per heavy atom. The summed E-state index contributed by atoms with van der Waals surface area (Å²) in [6.07, 6.45) is 4.51. The second-order valence-corrected chi connectivity index (χ2v) is 4.73. The van der Waals surface area contributed by atoms with Crippen LogP contribution in [-0.2, 0) is 13.5 Å². The van der Waals surface area contributed by atoms with Crippen LogP contribution in [0.15, 0.2) is 28.4 Å². The Labute approximate surface area is 103 Å². The molecule has 0 saturated heterocycles. The van der Waals surface area contributed by atoms with E-state index >= 15 is 0 Å². The van der Waals surface area contributed by atoms with E-state index in [0.29, 0.717) is 5.15 Å². The Hall–Kier alpha value is -1.07. The Morgan fingerprint density at radius 2 is 2.25 bits per heavy atom. The molecule has 0 unspecified atom stereocenters. The summed E-state index contributed by atoms with van der Waals surface area (Å²) in [5.41, 5.74) is 0. The van der Waals surface area contributed by atoms with Gasteiger partial charge in [-0.2, -0.15) is 5.10 Å². The van der Waals surface area contributed by atoms with Gasteiger partial charge in [0.2, 0.25) is 0 Å². The predicted octanol–water partition coefficient (Wildman–Crippen LogP) is 2.58. The van der Waals surface area contributed by atoms with Crippen molar-refractivity contribution in [3.63, 3.8) is 0 Å². The molecule has 0 aromatic carbocycles. The highest BCUT2D eigenvalue weighted by Gasteiger charge is 2.05. The van der Waals surface area contributed by atoms with Crippen molar-refractivity contribution in [1.29, 1.82) is 0 Å². The van der Waals surface area contributed by atoms with Crippen LogP contribution in [0.25, 0.3) is 0 Å². The van der Waals surface area contributed by atoms with Gasteiger partial charge in [-0.05, 0) is 0 Å². The maximum absolute atomic E-state index is 5.91. The van der Waals surface area contributed by atoms with Crippen LogP contribution >= 0.6 is 23.4 Å². The van der Waals surface area contributed by atoms with E-state index in [9.17, 15) is 0 Å². The summed E-state index contributed by atoms with van der Waals surface area (Å²) in [6.45, 7) is 2.00. The molecule has 0 aliphatic heterocycles. The molecule has 2 aromatic heterocycles. The Balaban J connectivity index is 2.24. The third kappa shape index (κ3) is 2.74. The molecule has 84 valence electrons. The van der Waals surface area contributed by atoms with E-state index in [0.717, 1.165) is 22.2 Å². The Morgan fingerprint density at radius 1 is 1.44 bits per heavy atom. The van der Waals surface area contributed by atoms with Crippen LogP contribution in [0.5, 0.6) is 0 Å². The minimum absolute atomic E-state index is 0.484. The van der Waals surface area contributed by atoms with Crippen molar-refractivity contribution in [2.45, 2.75) is 23.3 Å². The summed E-state index contributed by atoms with van der Waals surface area (Å²) in [4.78, 5) is 9.55. The highest BCUT2D eigenvalue weighted by atomic mass is 35.5. The van der Waals surface area contributed by atoms with Gasteiger partial charge in [0.1, 0.15) is 16.0 Å². The van der Waals surface area contributed by atoms with Crippen molar-refractivity contribution < 1.29 is 0 Å². The SMILES string of the molecule is CCc1nc(Cl)cc(Sc2cnn(C)c2)n1. The highest BCUT2D eigenvalue weighted by Crippen LogP contribution is 2.26. The van der Waals surface area contributed by atoms with E-state index in [1.165, 1.54) is 11.8 Å². The molecule has 0 fully saturated rings. The Kier molecular flexibility index (Phi) is 3.46. The van der Waals surface area contributed by atoms with E-state index in [1.807, 2.05) is 20.2 Å². The number of aromatic nitrogens is 4. The summed E-state index contributed by atoms with van der Waals surface area (Å²) in [6, 6.07) is 1.76. The molecule has 2 heterocycles. The lowest BCUT2D eigenvalue weighted by Gasteiger charge is -2.01. The van der Waals surface area contributed by atoms with Crippen molar-refractivity contribution in [3.8, 4) is 0 Å². The molecule has 16 heavy (non-hydrogen) atoms. The lowest BCUT2D eigenvalue weighted by atomic mass is 10.4. The van der Waals surface area contributed by atoms with Gasteiger partial charge in [-0.1, -0.05) is 30.3 Å². The predicted molar refractivity (Wildman–Crippen MR) is 63.8 cm³/mol. The van der Waals surface area contributed by atoms with Crippen LogP contribution in [0.4, 0.5) is 0 Å². The number of aryl methyl sites for hydroxylation is 2. The minimum Gasteiger partial charge on any atom is -0.275 e. The molecule has 0 bridgehead atoms. The summed E-state index contributed by atoms with van der Waals surface area (Å²) < 4.78 is 1.76. The maximum atomic E-state index is 5.91. The number of hydrogen-bond donors (Lipinski definition) is 0. The first-order chi connectivity index (χ1) is 7.67. The molecule has 0 aliphatic carbocycles. The summed E-state index contributed by atoms with van der Waals surface area (Å²) in [5, 5.41) is 5.43. The molecule has 0 atom stereocenters. The van der Waals surface area contributed by atoms with Gasteiger partial charge in [0.25, 0.3) is 0 Å². The normalized spacial score (nSPS) is 10.7. The van der Waals surface area contributed by atoms with Gasteiger partial charge < -0.3 is 0 Å². The van der Waals surface area contributed by atoms with Crippen LogP contribution in [0.2, 0.25) is 5.15 Å². The molecule has 2 rings (SSSR count). The van der Waals surface area contributed by atoms with Crippen LogP contribution in [0, 0.1) is 0 Å². The fourth-order valence-electron chi connectivity index (χ4n) is 1.22. The van der Waals surface area contributed by atoms with E-state index < -0.39 is 0 Å². The third-order valence-electron chi connectivity index (χ3n) is 1.94. The van der Waals surface area contributed by atoms with Gasteiger partial charge in [-0.15, -0.1) is 0 Å². The van der Waals surface area contributed by atoms with Crippen LogP contribution in [0.3, 0.4) is 0 Å². The van der Waals surface area contributed by atoms with E-state index in [4.69, 9.17) is 11.6 Å². The van der Waals surface area contributed by atoms with Crippen molar-refractivity contribution in [2.24, 2.45) is 7.05 Å². The average Bonchev–Trinajstić information content (AvgIpc) is 2.63. The van der Waals surface area contributed by atoms with E-state index in [1.54, 1.807) is 16.9 Å². The van der Waals surface area contributed by atoms with Crippen LogP contribution < -0.4 is 0 Å². The van der Waals surface area contributed by atoms with Gasteiger partial charge >= 0.3 is 0 Å². The topological polar surface area (TPSA) is 43.6 Å². The molecular formula is C10H11ClN4S. The summed E-state index contributed by atoms with van der Waals surface area (Å²) in [7, 11) is 1.88. The fourth-order valence-corrected chi connectivity index (χ4v) is 2.36. The zero-order valence-corrected chi connectivity index (χ0v) is 10.6. The van der Waals surface area contributed by atoms with Crippen LogP contribution in [-0.4, -0.2) is 19.7 Å². The third-order valence-corrected chi connectivity index (χ3v) is 3.00. The smallest absolute Gasteiger partial charge is 0.133 e. The second kappa shape index (κ2) is 4.84. The average molecular weight is 255 g/mol. The number of rotatable bonds is 3. The van der Waals surface area contributed by atoms with Gasteiger partial charge in [0, 0.05) is 25.7 Å². The van der Waals surface area contributed by atoms with Crippen LogP contribution in [0.1, 0.15) is 12.7 Å². The van der Waals surface area contributed by atoms with Crippen molar-refractivity contribution >= 4 is 23.4 Å². The first-order valence-corrected chi connectivity index (χ1v) is 6.07. The number of hydrogen-bond acceptors (Lipinski definition) is 4. The van der Waals surface area contributed by atoms with Gasteiger partial charge in [0.15, 0.2) is 0 Å². The zero-order chi connectivity index (χ0) is 11.5. The van der Waals surface area contributed by atoms with Crippen molar-refractivity contribution in [3.05, 3.63) is 29.4 Å². The zero-order valence-electron chi connectivity index (χ0n) is 9.01. The number of nitrogens with zero attached hydrogens (tertiary/aromatic N) is 4. The second-order valence-electron chi connectivity index (χ2n) is 3.25. The van der Waals surface area contributed by atoms with Crippen molar-refractivity contribution in [2.75, 3.05) is 0 Å². The molecule has 2 aromatic rings. The fraction of sp³-hybridized carbons (Fsp3) is 0.300. The molecule has 0 amide bonds. The monoisotopic (exact) mass is 254 g/mol. The van der Waals surface area contributed by atoms with E-state index in [2.05, 4.69) is 15.1 Å². The van der Waals surface area contributed by atoms with Gasteiger partial charge in [-0.3, -0.25) is 4.68 Å². The number of halogens is 1. The molecular weight excluding hydrogens is 244 g/mol. The highest BCUT2D eigenvalue weighted by molar-refractivity contribution is 7.99. The maximum Gasteiger partial charge on any atom is 0.133 e. The lowest BCUT2D eigenvalue weighted by Crippen LogP contribution is -1.94. The molecule has 0 aliphatic rings. The van der Waals surface area contributed by atoms with E-state index in [-0.39, 0.29) is 0 Å².